The summed E-state index contributed by atoms with van der Waals surface area (Å²) >= 11 is 14.3. The van der Waals surface area contributed by atoms with Crippen molar-refractivity contribution in [2.75, 3.05) is 26.7 Å². The number of carbonyl (C=O) groups excluding carboxylic acids is 1. The molecular formula is C17H18Cl2N4O3S2. The van der Waals surface area contributed by atoms with Crippen LogP contribution in [0.1, 0.15) is 22.5 Å². The summed E-state index contributed by atoms with van der Waals surface area (Å²) in [6.07, 6.45) is 4.90. The summed E-state index contributed by atoms with van der Waals surface area (Å²) in [5.74, 6) is 0.129. The van der Waals surface area contributed by atoms with E-state index in [1.165, 1.54) is 18.5 Å². The van der Waals surface area contributed by atoms with E-state index in [0.717, 1.165) is 49.0 Å². The number of nitrogens with one attached hydrogen (secondary N) is 1. The number of nitro groups is 1. The second-order valence-corrected chi connectivity index (χ2v) is 9.68. The molecule has 2 aromatic heterocycles. The summed E-state index contributed by atoms with van der Waals surface area (Å²) in [6, 6.07) is 1.31. The van der Waals surface area contributed by atoms with Crippen molar-refractivity contribution in [3.63, 3.8) is 0 Å². The van der Waals surface area contributed by atoms with Gasteiger partial charge in [0.15, 0.2) is 0 Å². The van der Waals surface area contributed by atoms with Gasteiger partial charge in [0.1, 0.15) is 9.09 Å². The average Bonchev–Trinajstić information content (AvgIpc) is 3.08. The van der Waals surface area contributed by atoms with E-state index in [1.54, 1.807) is 0 Å². The molecule has 1 saturated heterocycles. The number of rotatable bonds is 6. The van der Waals surface area contributed by atoms with Gasteiger partial charge >= 0.3 is 0 Å². The van der Waals surface area contributed by atoms with Crippen molar-refractivity contribution in [1.82, 2.24) is 15.2 Å². The van der Waals surface area contributed by atoms with E-state index in [1.807, 2.05) is 0 Å². The summed E-state index contributed by atoms with van der Waals surface area (Å²) in [6.45, 7) is 2.60. The Balaban J connectivity index is 1.73. The van der Waals surface area contributed by atoms with E-state index >= 15 is 0 Å². The molecule has 1 N–H and O–H groups in total. The summed E-state index contributed by atoms with van der Waals surface area (Å²) in [4.78, 5) is 30.4. The molecule has 0 radical (unpaired) electrons. The topological polar surface area (TPSA) is 88.4 Å². The molecule has 11 heteroatoms. The molecular weight excluding hydrogens is 443 g/mol. The average molecular weight is 461 g/mol. The minimum atomic E-state index is -0.504. The predicted octanol–water partition coefficient (Wildman–Crippen LogP) is 4.58. The Bertz CT molecular complexity index is 865. The Morgan fingerprint density at radius 2 is 2.04 bits per heavy atom. The molecule has 2 aromatic rings. The zero-order valence-electron chi connectivity index (χ0n) is 15.0. The van der Waals surface area contributed by atoms with Crippen LogP contribution >= 0.6 is 46.3 Å². The highest BCUT2D eigenvalue weighted by Gasteiger charge is 2.25. The number of amides is 1. The molecule has 0 spiro atoms. The fourth-order valence-corrected chi connectivity index (χ4v) is 5.64. The van der Waals surface area contributed by atoms with Crippen molar-refractivity contribution in [3.8, 4) is 0 Å². The van der Waals surface area contributed by atoms with Crippen LogP contribution < -0.4 is 5.32 Å². The monoisotopic (exact) mass is 460 g/mol. The van der Waals surface area contributed by atoms with Crippen LogP contribution in [-0.4, -0.2) is 47.4 Å². The molecule has 0 saturated carbocycles. The third-order valence-corrected chi connectivity index (χ3v) is 7.75. The predicted molar refractivity (Wildman–Crippen MR) is 112 cm³/mol. The van der Waals surface area contributed by atoms with Crippen LogP contribution in [-0.2, 0) is 0 Å². The SMILES string of the molecule is CN1CCC(CNC(=O)c2cc([N+](=O)[O-])c(Sc3c(Cl)cncc3Cl)s2)CC1. The molecule has 0 aliphatic carbocycles. The molecule has 1 aliphatic rings. The first-order valence-electron chi connectivity index (χ1n) is 8.57. The highest BCUT2D eigenvalue weighted by molar-refractivity contribution is 8.01. The van der Waals surface area contributed by atoms with Crippen molar-refractivity contribution in [3.05, 3.63) is 43.5 Å². The van der Waals surface area contributed by atoms with Gasteiger partial charge in [-0.3, -0.25) is 19.9 Å². The maximum Gasteiger partial charge on any atom is 0.294 e. The molecule has 0 unspecified atom stereocenters. The molecule has 0 bridgehead atoms. The first kappa shape index (κ1) is 21.3. The lowest BCUT2D eigenvalue weighted by molar-refractivity contribution is -0.387. The van der Waals surface area contributed by atoms with Gasteiger partial charge in [0, 0.05) is 25.0 Å². The van der Waals surface area contributed by atoms with Gasteiger partial charge in [-0.05, 0) is 38.9 Å². The summed E-state index contributed by atoms with van der Waals surface area (Å²) in [5, 5.41) is 14.9. The van der Waals surface area contributed by atoms with Crippen molar-refractivity contribution in [1.29, 1.82) is 0 Å². The number of hydrogen-bond donors (Lipinski definition) is 1. The van der Waals surface area contributed by atoms with Crippen molar-refractivity contribution in [2.45, 2.75) is 21.9 Å². The fraction of sp³-hybridized carbons (Fsp3) is 0.412. The number of piperidine rings is 1. The Kier molecular flexibility index (Phi) is 7.16. The van der Waals surface area contributed by atoms with Gasteiger partial charge < -0.3 is 10.2 Å². The van der Waals surface area contributed by atoms with Crippen LogP contribution in [0, 0.1) is 16.0 Å². The maximum atomic E-state index is 12.5. The Morgan fingerprint density at radius 3 is 2.64 bits per heavy atom. The molecule has 0 atom stereocenters. The quantitative estimate of drug-likeness (QED) is 0.501. The molecule has 28 heavy (non-hydrogen) atoms. The number of likely N-dealkylation sites (tertiary alicyclic amines) is 1. The second-order valence-electron chi connectivity index (χ2n) is 6.53. The first-order valence-corrected chi connectivity index (χ1v) is 11.0. The van der Waals surface area contributed by atoms with Gasteiger partial charge in [-0.2, -0.15) is 0 Å². The highest BCUT2D eigenvalue weighted by Crippen LogP contribution is 2.45. The molecule has 1 aliphatic heterocycles. The number of nitrogens with zero attached hydrogens (tertiary/aromatic N) is 3. The van der Waals surface area contributed by atoms with Crippen LogP contribution in [0.2, 0.25) is 10.0 Å². The summed E-state index contributed by atoms with van der Waals surface area (Å²) in [7, 11) is 2.08. The van der Waals surface area contributed by atoms with E-state index in [-0.39, 0.29) is 11.6 Å². The molecule has 3 heterocycles. The van der Waals surface area contributed by atoms with Gasteiger partial charge in [-0.15, -0.1) is 11.3 Å². The lowest BCUT2D eigenvalue weighted by atomic mass is 9.97. The maximum absolute atomic E-state index is 12.5. The Hall–Kier alpha value is -1.39. The molecule has 7 nitrogen and oxygen atoms in total. The van der Waals surface area contributed by atoms with E-state index in [4.69, 9.17) is 23.2 Å². The van der Waals surface area contributed by atoms with Crippen molar-refractivity contribution in [2.24, 2.45) is 5.92 Å². The van der Waals surface area contributed by atoms with Crippen LogP contribution in [0.4, 0.5) is 5.69 Å². The highest BCUT2D eigenvalue weighted by atomic mass is 35.5. The lowest BCUT2D eigenvalue weighted by Crippen LogP contribution is -2.36. The fourth-order valence-electron chi connectivity index (χ4n) is 2.86. The number of halogens is 2. The lowest BCUT2D eigenvalue weighted by Gasteiger charge is -2.28. The molecule has 0 aromatic carbocycles. The normalized spacial score (nSPS) is 15.5. The van der Waals surface area contributed by atoms with Crippen molar-refractivity contribution < 1.29 is 9.72 Å². The van der Waals surface area contributed by atoms with E-state index in [0.29, 0.717) is 36.5 Å². The number of aromatic nitrogens is 1. The number of thiophene rings is 1. The molecule has 3 rings (SSSR count). The smallest absolute Gasteiger partial charge is 0.294 e. The van der Waals surface area contributed by atoms with Gasteiger partial charge in [-0.1, -0.05) is 35.0 Å². The number of pyridine rings is 1. The minimum Gasteiger partial charge on any atom is -0.351 e. The third-order valence-electron chi connectivity index (χ3n) is 4.49. The van der Waals surface area contributed by atoms with Crippen LogP contribution in [0.3, 0.4) is 0 Å². The molecule has 1 amide bonds. The third kappa shape index (κ3) is 5.15. The largest absolute Gasteiger partial charge is 0.351 e. The standard InChI is InChI=1S/C17H18Cl2N4O3S2/c1-22-4-2-10(3-5-22)7-21-16(24)14-6-13(23(25)26)17(27-14)28-15-11(18)8-20-9-12(15)19/h6,8-10H,2-5,7H2,1H3,(H,21,24). The van der Waals surface area contributed by atoms with E-state index in [2.05, 4.69) is 22.2 Å². The Labute approximate surface area is 180 Å². The second kappa shape index (κ2) is 9.41. The zero-order chi connectivity index (χ0) is 20.3. The van der Waals surface area contributed by atoms with Gasteiger partial charge in [0.2, 0.25) is 0 Å². The minimum absolute atomic E-state index is 0.136. The number of carbonyl (C=O) groups is 1. The molecule has 150 valence electrons. The zero-order valence-corrected chi connectivity index (χ0v) is 18.1. The van der Waals surface area contributed by atoms with Crippen LogP contribution in [0.5, 0.6) is 0 Å². The van der Waals surface area contributed by atoms with Crippen molar-refractivity contribution >= 4 is 57.9 Å². The van der Waals surface area contributed by atoms with E-state index < -0.39 is 4.92 Å². The van der Waals surface area contributed by atoms with Gasteiger partial charge in [0.05, 0.1) is 19.9 Å². The summed E-state index contributed by atoms with van der Waals surface area (Å²) in [5.41, 5.74) is -0.136. The summed E-state index contributed by atoms with van der Waals surface area (Å²) < 4.78 is 0.351. The van der Waals surface area contributed by atoms with Gasteiger partial charge in [0.25, 0.3) is 11.6 Å². The van der Waals surface area contributed by atoms with Gasteiger partial charge in [-0.25, -0.2) is 0 Å². The number of hydrogen-bond acceptors (Lipinski definition) is 7. The van der Waals surface area contributed by atoms with Crippen LogP contribution in [0.15, 0.2) is 27.6 Å². The van der Waals surface area contributed by atoms with E-state index in [9.17, 15) is 14.9 Å². The Morgan fingerprint density at radius 1 is 1.39 bits per heavy atom. The molecule has 1 fully saturated rings. The van der Waals surface area contributed by atoms with Crippen LogP contribution in [0.25, 0.3) is 0 Å². The first-order chi connectivity index (χ1) is 13.3.